The van der Waals surface area contributed by atoms with Crippen molar-refractivity contribution in [3.63, 3.8) is 0 Å². The molecule has 2 heterocycles. The van der Waals surface area contributed by atoms with E-state index in [0.717, 1.165) is 28.1 Å². The third-order valence-electron chi connectivity index (χ3n) is 5.98. The number of carbonyl (C=O) groups is 1. The molecule has 1 fully saturated rings. The zero-order valence-electron chi connectivity index (χ0n) is 15.1. The Morgan fingerprint density at radius 1 is 1.08 bits per heavy atom. The fourth-order valence-corrected chi connectivity index (χ4v) is 4.65. The molecule has 0 bridgehead atoms. The van der Waals surface area contributed by atoms with Crippen LogP contribution in [0.15, 0.2) is 41.0 Å². The number of ketones is 1. The number of rotatable bonds is 2. The van der Waals surface area contributed by atoms with Crippen LogP contribution in [0, 0.1) is 12.8 Å². The summed E-state index contributed by atoms with van der Waals surface area (Å²) in [5, 5.41) is 0. The first-order valence-corrected chi connectivity index (χ1v) is 9.57. The predicted molar refractivity (Wildman–Crippen MR) is 103 cm³/mol. The highest BCUT2D eigenvalue weighted by Gasteiger charge is 2.29. The van der Waals surface area contributed by atoms with Crippen LogP contribution in [0.5, 0.6) is 0 Å². The van der Waals surface area contributed by atoms with Crippen molar-refractivity contribution in [3.05, 3.63) is 69.5 Å². The Bertz CT molecular complexity index is 978. The number of pyridine rings is 1. The Morgan fingerprint density at radius 2 is 1.92 bits per heavy atom. The highest BCUT2D eigenvalue weighted by atomic mass is 16.1. The molecule has 0 radical (unpaired) electrons. The van der Waals surface area contributed by atoms with Crippen molar-refractivity contribution >= 4 is 17.6 Å². The van der Waals surface area contributed by atoms with Crippen LogP contribution in [0.3, 0.4) is 0 Å². The molecule has 1 aromatic heterocycles. The van der Waals surface area contributed by atoms with E-state index < -0.39 is 0 Å². The van der Waals surface area contributed by atoms with E-state index in [1.54, 1.807) is 0 Å². The summed E-state index contributed by atoms with van der Waals surface area (Å²) in [5.74, 6) is 0.799. The second-order valence-corrected chi connectivity index (χ2v) is 7.74. The number of benzene rings is 1. The summed E-state index contributed by atoms with van der Waals surface area (Å²) in [6.07, 6.45) is 9.41. The molecule has 5 rings (SSSR count). The Balaban J connectivity index is 1.57. The number of Topliss-reactive ketones (excluding diaryl/α,β-unsaturated/α-hetero) is 1. The molecular weight excluding hydrogens is 320 g/mol. The first-order valence-electron chi connectivity index (χ1n) is 9.57. The molecule has 0 spiro atoms. The highest BCUT2D eigenvalue weighted by Crippen LogP contribution is 2.37. The number of aliphatic imine (C=N–C) groups is 1. The number of aromatic nitrogens is 1. The van der Waals surface area contributed by atoms with E-state index in [2.05, 4.69) is 29.3 Å². The van der Waals surface area contributed by atoms with E-state index in [4.69, 9.17) is 4.99 Å². The fourth-order valence-electron chi connectivity index (χ4n) is 4.65. The third kappa shape index (κ3) is 2.54. The number of fused-ring (bicyclic) bond motifs is 2. The molecular formula is C23H22N2O. The van der Waals surface area contributed by atoms with E-state index in [-0.39, 0.29) is 0 Å². The molecule has 3 nitrogen and oxygen atoms in total. The van der Waals surface area contributed by atoms with Gasteiger partial charge in [0.2, 0.25) is 0 Å². The number of hydrogen-bond acceptors (Lipinski definition) is 3. The van der Waals surface area contributed by atoms with E-state index in [0.29, 0.717) is 24.7 Å². The quantitative estimate of drug-likeness (QED) is 0.810. The second kappa shape index (κ2) is 6.01. The van der Waals surface area contributed by atoms with Gasteiger partial charge in [-0.1, -0.05) is 18.9 Å². The van der Waals surface area contributed by atoms with Crippen molar-refractivity contribution in [2.24, 2.45) is 10.9 Å². The van der Waals surface area contributed by atoms with Crippen molar-refractivity contribution in [3.8, 4) is 0 Å². The molecule has 1 saturated carbocycles. The van der Waals surface area contributed by atoms with Crippen LogP contribution in [0.1, 0.15) is 59.2 Å². The van der Waals surface area contributed by atoms with Gasteiger partial charge >= 0.3 is 0 Å². The molecule has 3 heteroatoms. The molecule has 0 saturated heterocycles. The van der Waals surface area contributed by atoms with Crippen molar-refractivity contribution in [2.45, 2.75) is 45.6 Å². The van der Waals surface area contributed by atoms with Crippen molar-refractivity contribution < 1.29 is 4.79 Å². The normalized spacial score (nSPS) is 19.2. The molecule has 130 valence electrons. The maximum absolute atomic E-state index is 12.7. The standard InChI is InChI=1S/C23H22N2O/c1-14-8-16(6-7-24-14)23-21-11-18-10-20(15-4-2-3-5-15)22(26)12-17(18)9-19(21)13-25-23/h6-11,15H,2-5,12-13H2,1H3. The number of carbonyl (C=O) groups excluding carboxylic acids is 1. The molecule has 0 N–H and O–H groups in total. The van der Waals surface area contributed by atoms with Crippen LogP contribution < -0.4 is 0 Å². The minimum absolute atomic E-state index is 0.327. The lowest BCUT2D eigenvalue weighted by atomic mass is 9.82. The zero-order valence-corrected chi connectivity index (χ0v) is 15.1. The van der Waals surface area contributed by atoms with Crippen LogP contribution in [-0.2, 0) is 17.8 Å². The van der Waals surface area contributed by atoms with Gasteiger partial charge in [-0.3, -0.25) is 14.8 Å². The molecule has 0 unspecified atom stereocenters. The zero-order chi connectivity index (χ0) is 17.7. The van der Waals surface area contributed by atoms with E-state index >= 15 is 0 Å². The lowest BCUT2D eigenvalue weighted by Gasteiger charge is -2.21. The first-order chi connectivity index (χ1) is 12.7. The van der Waals surface area contributed by atoms with Gasteiger partial charge in [0.05, 0.1) is 12.3 Å². The van der Waals surface area contributed by atoms with Gasteiger partial charge in [-0.15, -0.1) is 0 Å². The Hall–Kier alpha value is -2.55. The Kier molecular flexibility index (Phi) is 3.63. The summed E-state index contributed by atoms with van der Waals surface area (Å²) in [6.45, 7) is 2.71. The average Bonchev–Trinajstić information content (AvgIpc) is 3.29. The smallest absolute Gasteiger partial charge is 0.163 e. The Labute approximate surface area is 153 Å². The number of aryl methyl sites for hydroxylation is 1. The molecule has 0 atom stereocenters. The van der Waals surface area contributed by atoms with Crippen LogP contribution in [-0.4, -0.2) is 16.5 Å². The minimum atomic E-state index is 0.327. The van der Waals surface area contributed by atoms with Gasteiger partial charge in [-0.2, -0.15) is 0 Å². The van der Waals surface area contributed by atoms with Gasteiger partial charge in [0, 0.05) is 29.4 Å². The molecule has 0 amide bonds. The van der Waals surface area contributed by atoms with Gasteiger partial charge in [-0.25, -0.2) is 0 Å². The molecule has 1 aromatic carbocycles. The second-order valence-electron chi connectivity index (χ2n) is 7.74. The number of allylic oxidation sites excluding steroid dienone is 1. The first kappa shape index (κ1) is 15.7. The lowest BCUT2D eigenvalue weighted by Crippen LogP contribution is -2.18. The summed E-state index contributed by atoms with van der Waals surface area (Å²) in [4.78, 5) is 21.7. The van der Waals surface area contributed by atoms with Crippen LogP contribution in [0.25, 0.3) is 6.08 Å². The number of hydrogen-bond donors (Lipinski definition) is 0. The third-order valence-corrected chi connectivity index (χ3v) is 5.98. The predicted octanol–water partition coefficient (Wildman–Crippen LogP) is 4.44. The van der Waals surface area contributed by atoms with Gasteiger partial charge in [0.1, 0.15) is 0 Å². The minimum Gasteiger partial charge on any atom is -0.294 e. The lowest BCUT2D eigenvalue weighted by molar-refractivity contribution is -0.115. The maximum Gasteiger partial charge on any atom is 0.163 e. The summed E-state index contributed by atoms with van der Waals surface area (Å²) in [7, 11) is 0. The van der Waals surface area contributed by atoms with Gasteiger partial charge in [-0.05, 0) is 72.2 Å². The largest absolute Gasteiger partial charge is 0.294 e. The van der Waals surface area contributed by atoms with E-state index in [1.807, 2.05) is 19.2 Å². The summed E-state index contributed by atoms with van der Waals surface area (Å²) in [5.41, 5.74) is 9.08. The van der Waals surface area contributed by atoms with Gasteiger partial charge in [0.15, 0.2) is 5.78 Å². The molecule has 2 aromatic rings. The highest BCUT2D eigenvalue weighted by molar-refractivity contribution is 6.16. The topological polar surface area (TPSA) is 42.3 Å². The average molecular weight is 342 g/mol. The summed E-state index contributed by atoms with van der Waals surface area (Å²) in [6, 6.07) is 8.59. The monoisotopic (exact) mass is 342 g/mol. The molecule has 3 aliphatic rings. The maximum atomic E-state index is 12.7. The van der Waals surface area contributed by atoms with Crippen LogP contribution in [0.4, 0.5) is 0 Å². The van der Waals surface area contributed by atoms with Crippen molar-refractivity contribution in [2.75, 3.05) is 0 Å². The van der Waals surface area contributed by atoms with Crippen molar-refractivity contribution in [1.82, 2.24) is 4.98 Å². The van der Waals surface area contributed by atoms with E-state index in [9.17, 15) is 4.79 Å². The van der Waals surface area contributed by atoms with Gasteiger partial charge < -0.3 is 0 Å². The number of nitrogens with zero attached hydrogens (tertiary/aromatic N) is 2. The molecule has 1 aliphatic heterocycles. The SMILES string of the molecule is Cc1cc(C2=NCc3cc4c(cc32)C=C(C2CCCC2)C(=O)C4)ccn1. The van der Waals surface area contributed by atoms with Gasteiger partial charge in [0.25, 0.3) is 0 Å². The van der Waals surface area contributed by atoms with Crippen LogP contribution >= 0.6 is 0 Å². The summed E-state index contributed by atoms with van der Waals surface area (Å²) < 4.78 is 0. The summed E-state index contributed by atoms with van der Waals surface area (Å²) >= 11 is 0. The van der Waals surface area contributed by atoms with E-state index in [1.165, 1.54) is 42.4 Å². The molecule has 26 heavy (non-hydrogen) atoms. The Morgan fingerprint density at radius 3 is 2.73 bits per heavy atom. The van der Waals surface area contributed by atoms with Crippen LogP contribution in [0.2, 0.25) is 0 Å². The van der Waals surface area contributed by atoms with Crippen molar-refractivity contribution in [1.29, 1.82) is 0 Å². The molecule has 2 aliphatic carbocycles. The fraction of sp³-hybridized carbons (Fsp3) is 0.348.